The smallest absolute Gasteiger partial charge is 0.146 e. The fraction of sp³-hybridized carbons (Fsp3) is 0.500. The molecule has 1 aromatic rings. The third-order valence-corrected chi connectivity index (χ3v) is 3.03. The molecule has 2 nitrogen and oxygen atoms in total. The van der Waals surface area contributed by atoms with Crippen molar-refractivity contribution in [2.24, 2.45) is 5.73 Å². The van der Waals surface area contributed by atoms with Gasteiger partial charge in [0.05, 0.1) is 5.69 Å². The van der Waals surface area contributed by atoms with Gasteiger partial charge in [0.15, 0.2) is 0 Å². The molecule has 1 aromatic carbocycles. The maximum atomic E-state index is 13.4. The predicted octanol–water partition coefficient (Wildman–Crippen LogP) is 2.51. The van der Waals surface area contributed by atoms with Crippen molar-refractivity contribution in [3.05, 3.63) is 30.1 Å². The van der Waals surface area contributed by atoms with Crippen LogP contribution in [0.2, 0.25) is 0 Å². The van der Waals surface area contributed by atoms with Crippen molar-refractivity contribution in [2.45, 2.75) is 37.8 Å². The summed E-state index contributed by atoms with van der Waals surface area (Å²) in [5, 5.41) is 3.20. The maximum absolute atomic E-state index is 13.4. The minimum atomic E-state index is -0.199. The second-order valence-electron chi connectivity index (χ2n) is 4.18. The number of rotatable bonds is 2. The van der Waals surface area contributed by atoms with Gasteiger partial charge in [0.2, 0.25) is 0 Å². The molecule has 0 unspecified atom stereocenters. The lowest BCUT2D eigenvalue weighted by Gasteiger charge is -2.30. The first-order chi connectivity index (χ1) is 7.27. The zero-order chi connectivity index (χ0) is 10.7. The molecule has 1 aliphatic carbocycles. The van der Waals surface area contributed by atoms with Gasteiger partial charge in [-0.25, -0.2) is 4.39 Å². The van der Waals surface area contributed by atoms with Gasteiger partial charge in [-0.05, 0) is 25.0 Å². The van der Waals surface area contributed by atoms with E-state index in [0.29, 0.717) is 5.69 Å². The lowest BCUT2D eigenvalue weighted by Crippen LogP contribution is -2.42. The summed E-state index contributed by atoms with van der Waals surface area (Å²) in [5.74, 6) is -0.199. The van der Waals surface area contributed by atoms with Crippen LogP contribution in [0.5, 0.6) is 0 Å². The summed E-state index contributed by atoms with van der Waals surface area (Å²) >= 11 is 0. The van der Waals surface area contributed by atoms with Crippen LogP contribution in [0.15, 0.2) is 24.3 Å². The topological polar surface area (TPSA) is 38.0 Å². The quantitative estimate of drug-likeness (QED) is 0.783. The van der Waals surface area contributed by atoms with Crippen LogP contribution in [0.25, 0.3) is 0 Å². The molecule has 0 amide bonds. The van der Waals surface area contributed by atoms with E-state index in [2.05, 4.69) is 5.32 Å². The summed E-state index contributed by atoms with van der Waals surface area (Å²) in [6.45, 7) is 0. The summed E-state index contributed by atoms with van der Waals surface area (Å²) in [7, 11) is 0. The number of nitrogens with two attached hydrogens (primary N) is 1. The van der Waals surface area contributed by atoms with E-state index >= 15 is 0 Å². The molecule has 0 spiro atoms. The van der Waals surface area contributed by atoms with E-state index in [1.807, 2.05) is 6.07 Å². The number of nitrogens with one attached hydrogen (secondary N) is 1. The SMILES string of the molecule is N[C@@H]1CCCC[C@@H]1Nc1ccccc1F. The van der Waals surface area contributed by atoms with E-state index in [4.69, 9.17) is 5.73 Å². The fourth-order valence-corrected chi connectivity index (χ4v) is 2.12. The minimum absolute atomic E-state index is 0.151. The molecule has 0 bridgehead atoms. The Labute approximate surface area is 89.7 Å². The van der Waals surface area contributed by atoms with Crippen molar-refractivity contribution in [1.82, 2.24) is 0 Å². The molecule has 0 aliphatic heterocycles. The molecule has 2 atom stereocenters. The highest BCUT2D eigenvalue weighted by atomic mass is 19.1. The molecule has 1 aliphatic rings. The van der Waals surface area contributed by atoms with Crippen molar-refractivity contribution in [1.29, 1.82) is 0 Å². The fourth-order valence-electron chi connectivity index (χ4n) is 2.12. The van der Waals surface area contributed by atoms with Gasteiger partial charge in [-0.15, -0.1) is 0 Å². The van der Waals surface area contributed by atoms with Crippen LogP contribution in [0.1, 0.15) is 25.7 Å². The first-order valence-corrected chi connectivity index (χ1v) is 5.54. The maximum Gasteiger partial charge on any atom is 0.146 e. The van der Waals surface area contributed by atoms with Gasteiger partial charge < -0.3 is 11.1 Å². The van der Waals surface area contributed by atoms with Crippen LogP contribution < -0.4 is 11.1 Å². The lowest BCUT2D eigenvalue weighted by atomic mass is 9.91. The largest absolute Gasteiger partial charge is 0.378 e. The Morgan fingerprint density at radius 2 is 1.93 bits per heavy atom. The van der Waals surface area contributed by atoms with Crippen molar-refractivity contribution >= 4 is 5.69 Å². The normalized spacial score (nSPS) is 26.3. The molecule has 2 rings (SSSR count). The Hall–Kier alpha value is -1.09. The van der Waals surface area contributed by atoms with Gasteiger partial charge in [-0.1, -0.05) is 25.0 Å². The molecule has 0 aromatic heterocycles. The minimum Gasteiger partial charge on any atom is -0.378 e. The van der Waals surface area contributed by atoms with Gasteiger partial charge in [0, 0.05) is 12.1 Å². The Kier molecular flexibility index (Phi) is 3.21. The van der Waals surface area contributed by atoms with Crippen LogP contribution in [0, 0.1) is 5.82 Å². The molecule has 0 radical (unpaired) electrons. The van der Waals surface area contributed by atoms with Crippen LogP contribution in [0.4, 0.5) is 10.1 Å². The highest BCUT2D eigenvalue weighted by Gasteiger charge is 2.21. The number of halogens is 1. The molecule has 3 N–H and O–H groups in total. The van der Waals surface area contributed by atoms with Crippen LogP contribution in [-0.2, 0) is 0 Å². The Morgan fingerprint density at radius 3 is 2.67 bits per heavy atom. The summed E-state index contributed by atoms with van der Waals surface area (Å²) in [5.41, 5.74) is 6.56. The zero-order valence-corrected chi connectivity index (χ0v) is 8.75. The summed E-state index contributed by atoms with van der Waals surface area (Å²) < 4.78 is 13.4. The highest BCUT2D eigenvalue weighted by molar-refractivity contribution is 5.45. The molecular weight excluding hydrogens is 191 g/mol. The first-order valence-electron chi connectivity index (χ1n) is 5.54. The van der Waals surface area contributed by atoms with Gasteiger partial charge >= 0.3 is 0 Å². The summed E-state index contributed by atoms with van der Waals surface area (Å²) in [6.07, 6.45) is 4.44. The highest BCUT2D eigenvalue weighted by Crippen LogP contribution is 2.22. The molecule has 0 heterocycles. The van der Waals surface area contributed by atoms with Gasteiger partial charge in [-0.2, -0.15) is 0 Å². The van der Waals surface area contributed by atoms with Crippen LogP contribution >= 0.6 is 0 Å². The standard InChI is InChI=1S/C12H17FN2/c13-9-5-1-3-7-11(9)15-12-8-4-2-6-10(12)14/h1,3,5,7,10,12,15H,2,4,6,8,14H2/t10-,12+/m1/s1. The van der Waals surface area contributed by atoms with Crippen LogP contribution in [-0.4, -0.2) is 12.1 Å². The van der Waals surface area contributed by atoms with Gasteiger partial charge in [0.1, 0.15) is 5.82 Å². The predicted molar refractivity (Wildman–Crippen MR) is 60.3 cm³/mol. The summed E-state index contributed by atoms with van der Waals surface area (Å²) in [4.78, 5) is 0. The second kappa shape index (κ2) is 4.62. The summed E-state index contributed by atoms with van der Waals surface area (Å²) in [6, 6.07) is 7.13. The number of para-hydroxylation sites is 1. The molecular formula is C12H17FN2. The van der Waals surface area contributed by atoms with Crippen molar-refractivity contribution < 1.29 is 4.39 Å². The van der Waals surface area contributed by atoms with E-state index in [9.17, 15) is 4.39 Å². The number of anilines is 1. The second-order valence-corrected chi connectivity index (χ2v) is 4.18. The van der Waals surface area contributed by atoms with E-state index in [1.54, 1.807) is 12.1 Å². The van der Waals surface area contributed by atoms with E-state index in [1.165, 1.54) is 18.9 Å². The number of hydrogen-bond acceptors (Lipinski definition) is 2. The monoisotopic (exact) mass is 208 g/mol. The molecule has 1 saturated carbocycles. The Bertz CT molecular complexity index is 327. The van der Waals surface area contributed by atoms with Crippen molar-refractivity contribution in [3.8, 4) is 0 Å². The molecule has 1 fully saturated rings. The molecule has 3 heteroatoms. The lowest BCUT2D eigenvalue weighted by molar-refractivity contribution is 0.403. The third-order valence-electron chi connectivity index (χ3n) is 3.03. The Morgan fingerprint density at radius 1 is 1.20 bits per heavy atom. The van der Waals surface area contributed by atoms with Crippen molar-refractivity contribution in [3.63, 3.8) is 0 Å². The van der Waals surface area contributed by atoms with Gasteiger partial charge in [-0.3, -0.25) is 0 Å². The van der Waals surface area contributed by atoms with Crippen LogP contribution in [0.3, 0.4) is 0 Å². The average molecular weight is 208 g/mol. The zero-order valence-electron chi connectivity index (χ0n) is 8.75. The molecule has 82 valence electrons. The molecule has 15 heavy (non-hydrogen) atoms. The average Bonchev–Trinajstić information content (AvgIpc) is 2.24. The first kappa shape index (κ1) is 10.4. The van der Waals surface area contributed by atoms with E-state index < -0.39 is 0 Å². The van der Waals surface area contributed by atoms with E-state index in [-0.39, 0.29) is 17.9 Å². The number of hydrogen-bond donors (Lipinski definition) is 2. The Balaban J connectivity index is 2.04. The molecule has 0 saturated heterocycles. The van der Waals surface area contributed by atoms with Gasteiger partial charge in [0.25, 0.3) is 0 Å². The number of benzene rings is 1. The van der Waals surface area contributed by atoms with E-state index in [0.717, 1.165) is 12.8 Å². The third kappa shape index (κ3) is 2.48. The van der Waals surface area contributed by atoms with Crippen molar-refractivity contribution in [2.75, 3.05) is 5.32 Å².